The van der Waals surface area contributed by atoms with E-state index in [4.69, 9.17) is 0 Å². The minimum atomic E-state index is 0.465. The van der Waals surface area contributed by atoms with Crippen LogP contribution in [0.3, 0.4) is 0 Å². The smallest absolute Gasteiger partial charge is 0.110 e. The minimum absolute atomic E-state index is 0.465. The predicted molar refractivity (Wildman–Crippen MR) is 65.1 cm³/mol. The second kappa shape index (κ2) is 5.14. The van der Waals surface area contributed by atoms with Gasteiger partial charge in [-0.15, -0.1) is 5.10 Å². The lowest BCUT2D eigenvalue weighted by atomic mass is 10.2. The van der Waals surface area contributed by atoms with Gasteiger partial charge in [0.25, 0.3) is 0 Å². The summed E-state index contributed by atoms with van der Waals surface area (Å²) < 4.78 is 4.01. The summed E-state index contributed by atoms with van der Waals surface area (Å²) >= 11 is 1.44. The highest BCUT2D eigenvalue weighted by atomic mass is 32.1. The summed E-state index contributed by atoms with van der Waals surface area (Å²) in [5.41, 5.74) is 2.03. The van der Waals surface area contributed by atoms with Gasteiger partial charge in [-0.25, -0.2) is 0 Å². The second-order valence-electron chi connectivity index (χ2n) is 3.82. The Morgan fingerprint density at radius 3 is 2.75 bits per heavy atom. The molecule has 5 heteroatoms. The standard InChI is InChI=1S/C11H14N4S/c1-8(2)13-7-10-11(14-15-16-10)9-3-5-12-6-4-9/h3-6,8,13H,7H2,1-2H3. The summed E-state index contributed by atoms with van der Waals surface area (Å²) in [6.07, 6.45) is 3.54. The molecule has 0 amide bonds. The Morgan fingerprint density at radius 1 is 1.31 bits per heavy atom. The van der Waals surface area contributed by atoms with Crippen LogP contribution < -0.4 is 5.32 Å². The monoisotopic (exact) mass is 234 g/mol. The molecule has 0 saturated heterocycles. The fraction of sp³-hybridized carbons (Fsp3) is 0.364. The summed E-state index contributed by atoms with van der Waals surface area (Å²) in [4.78, 5) is 5.17. The van der Waals surface area contributed by atoms with Crippen LogP contribution in [0.5, 0.6) is 0 Å². The molecule has 2 aromatic heterocycles. The van der Waals surface area contributed by atoms with Gasteiger partial charge >= 0.3 is 0 Å². The second-order valence-corrected chi connectivity index (χ2v) is 4.65. The Balaban J connectivity index is 2.19. The first-order chi connectivity index (χ1) is 7.77. The normalized spacial score (nSPS) is 10.9. The quantitative estimate of drug-likeness (QED) is 0.880. The Labute approximate surface area is 98.9 Å². The van der Waals surface area contributed by atoms with Crippen molar-refractivity contribution in [3.05, 3.63) is 29.4 Å². The van der Waals surface area contributed by atoms with Gasteiger partial charge in [-0.05, 0) is 23.7 Å². The molecule has 0 aliphatic carbocycles. The number of nitrogens with zero attached hydrogens (tertiary/aromatic N) is 3. The molecule has 0 aliphatic heterocycles. The minimum Gasteiger partial charge on any atom is -0.310 e. The van der Waals surface area contributed by atoms with E-state index >= 15 is 0 Å². The number of hydrogen-bond acceptors (Lipinski definition) is 5. The van der Waals surface area contributed by atoms with Crippen molar-refractivity contribution < 1.29 is 0 Å². The van der Waals surface area contributed by atoms with Crippen molar-refractivity contribution in [3.8, 4) is 11.3 Å². The molecule has 0 saturated carbocycles. The molecule has 2 rings (SSSR count). The zero-order valence-electron chi connectivity index (χ0n) is 9.34. The zero-order chi connectivity index (χ0) is 11.4. The van der Waals surface area contributed by atoms with Crippen LogP contribution in [0.4, 0.5) is 0 Å². The van der Waals surface area contributed by atoms with E-state index in [1.54, 1.807) is 12.4 Å². The number of nitrogens with one attached hydrogen (secondary N) is 1. The molecule has 0 atom stereocenters. The molecule has 1 N–H and O–H groups in total. The summed E-state index contributed by atoms with van der Waals surface area (Å²) in [5.74, 6) is 0. The van der Waals surface area contributed by atoms with Gasteiger partial charge in [0.2, 0.25) is 0 Å². The Hall–Kier alpha value is -1.33. The van der Waals surface area contributed by atoms with Crippen LogP contribution in [-0.4, -0.2) is 20.6 Å². The average molecular weight is 234 g/mol. The maximum atomic E-state index is 4.17. The highest BCUT2D eigenvalue weighted by molar-refractivity contribution is 7.05. The lowest BCUT2D eigenvalue weighted by Crippen LogP contribution is -2.21. The number of pyridine rings is 1. The third-order valence-corrected chi connectivity index (χ3v) is 2.90. The Bertz CT molecular complexity index is 438. The number of hydrogen-bond donors (Lipinski definition) is 1. The zero-order valence-corrected chi connectivity index (χ0v) is 10.2. The van der Waals surface area contributed by atoms with Crippen LogP contribution in [0.15, 0.2) is 24.5 Å². The molecule has 84 valence electrons. The summed E-state index contributed by atoms with van der Waals surface area (Å²) in [7, 11) is 0. The van der Waals surface area contributed by atoms with Crippen LogP contribution in [0.1, 0.15) is 18.7 Å². The van der Waals surface area contributed by atoms with Gasteiger partial charge in [0.15, 0.2) is 0 Å². The van der Waals surface area contributed by atoms with Crippen molar-refractivity contribution >= 4 is 11.5 Å². The molecule has 2 aromatic rings. The molecule has 0 unspecified atom stereocenters. The van der Waals surface area contributed by atoms with Gasteiger partial charge in [-0.2, -0.15) is 0 Å². The molecule has 4 nitrogen and oxygen atoms in total. The van der Waals surface area contributed by atoms with E-state index in [1.807, 2.05) is 12.1 Å². The average Bonchev–Trinajstić information content (AvgIpc) is 2.75. The van der Waals surface area contributed by atoms with Crippen LogP contribution in [0.25, 0.3) is 11.3 Å². The van der Waals surface area contributed by atoms with Gasteiger partial charge in [0.1, 0.15) is 5.69 Å². The summed E-state index contributed by atoms with van der Waals surface area (Å²) in [6.45, 7) is 5.06. The molecular weight excluding hydrogens is 220 g/mol. The van der Waals surface area contributed by atoms with E-state index in [0.717, 1.165) is 17.8 Å². The first-order valence-electron chi connectivity index (χ1n) is 5.22. The van der Waals surface area contributed by atoms with Crippen molar-refractivity contribution in [3.63, 3.8) is 0 Å². The molecule has 0 fully saturated rings. The van der Waals surface area contributed by atoms with Crippen molar-refractivity contribution in [1.29, 1.82) is 0 Å². The molecular formula is C11H14N4S. The van der Waals surface area contributed by atoms with Crippen molar-refractivity contribution in [2.75, 3.05) is 0 Å². The van der Waals surface area contributed by atoms with Crippen LogP contribution >= 0.6 is 11.5 Å². The highest BCUT2D eigenvalue weighted by Gasteiger charge is 2.09. The maximum absolute atomic E-state index is 4.17. The van der Waals surface area contributed by atoms with Crippen molar-refractivity contribution in [2.45, 2.75) is 26.4 Å². The first-order valence-corrected chi connectivity index (χ1v) is 5.99. The van der Waals surface area contributed by atoms with Gasteiger partial charge in [-0.3, -0.25) is 4.98 Å². The molecule has 0 aliphatic rings. The van der Waals surface area contributed by atoms with Crippen LogP contribution in [0.2, 0.25) is 0 Å². The van der Waals surface area contributed by atoms with Gasteiger partial charge in [0, 0.05) is 30.5 Å². The number of rotatable bonds is 4. The molecule has 0 spiro atoms. The summed E-state index contributed by atoms with van der Waals surface area (Å²) in [5, 5.41) is 7.54. The van der Waals surface area contributed by atoms with E-state index in [-0.39, 0.29) is 0 Å². The maximum Gasteiger partial charge on any atom is 0.110 e. The van der Waals surface area contributed by atoms with E-state index in [2.05, 4.69) is 33.7 Å². The molecule has 0 radical (unpaired) electrons. The largest absolute Gasteiger partial charge is 0.310 e. The fourth-order valence-corrected chi connectivity index (χ4v) is 1.96. The highest BCUT2D eigenvalue weighted by Crippen LogP contribution is 2.22. The van der Waals surface area contributed by atoms with Gasteiger partial charge in [0.05, 0.1) is 4.88 Å². The summed E-state index contributed by atoms with van der Waals surface area (Å²) in [6, 6.07) is 4.37. The lowest BCUT2D eigenvalue weighted by Gasteiger charge is -2.06. The third kappa shape index (κ3) is 2.62. The fourth-order valence-electron chi connectivity index (χ4n) is 1.35. The SMILES string of the molecule is CC(C)NCc1snnc1-c1ccncc1. The molecule has 0 bridgehead atoms. The van der Waals surface area contributed by atoms with E-state index in [1.165, 1.54) is 16.4 Å². The molecule has 16 heavy (non-hydrogen) atoms. The van der Waals surface area contributed by atoms with Gasteiger partial charge < -0.3 is 5.32 Å². The molecule has 0 aromatic carbocycles. The van der Waals surface area contributed by atoms with E-state index < -0.39 is 0 Å². The van der Waals surface area contributed by atoms with E-state index in [9.17, 15) is 0 Å². The Morgan fingerprint density at radius 2 is 2.06 bits per heavy atom. The van der Waals surface area contributed by atoms with Crippen molar-refractivity contribution in [1.82, 2.24) is 19.9 Å². The molecule has 2 heterocycles. The van der Waals surface area contributed by atoms with Crippen molar-refractivity contribution in [2.24, 2.45) is 0 Å². The van der Waals surface area contributed by atoms with E-state index in [0.29, 0.717) is 6.04 Å². The first kappa shape index (κ1) is 11.2. The van der Waals surface area contributed by atoms with Crippen LogP contribution in [-0.2, 0) is 6.54 Å². The topological polar surface area (TPSA) is 50.7 Å². The predicted octanol–water partition coefficient (Wildman–Crippen LogP) is 2.10. The third-order valence-electron chi connectivity index (χ3n) is 2.18. The Kier molecular flexibility index (Phi) is 3.58. The lowest BCUT2D eigenvalue weighted by molar-refractivity contribution is 0.593. The van der Waals surface area contributed by atoms with Crippen LogP contribution in [0, 0.1) is 0 Å². The van der Waals surface area contributed by atoms with Gasteiger partial charge in [-0.1, -0.05) is 18.3 Å². The number of aromatic nitrogens is 3.